The van der Waals surface area contributed by atoms with Gasteiger partial charge in [0.15, 0.2) is 6.10 Å². The summed E-state index contributed by atoms with van der Waals surface area (Å²) in [5.74, 6) is -0.380. The summed E-state index contributed by atoms with van der Waals surface area (Å²) in [6.45, 7) is 12.2. The van der Waals surface area contributed by atoms with Gasteiger partial charge in [0.25, 0.3) is 0 Å². The Kier molecular flexibility index (Phi) is 7.05. The van der Waals surface area contributed by atoms with Crippen molar-refractivity contribution in [2.24, 2.45) is 5.41 Å². The maximum Gasteiger partial charge on any atom is 0.339 e. The molecule has 0 fully saturated rings. The Morgan fingerprint density at radius 2 is 1.90 bits per heavy atom. The first kappa shape index (κ1) is 24.0. The third kappa shape index (κ3) is 4.76. The van der Waals surface area contributed by atoms with E-state index in [-0.39, 0.29) is 11.4 Å². The van der Waals surface area contributed by atoms with Crippen LogP contribution in [0.1, 0.15) is 53.5 Å². The van der Waals surface area contributed by atoms with Gasteiger partial charge in [0, 0.05) is 20.5 Å². The predicted octanol–water partition coefficient (Wildman–Crippen LogP) is 7.42. The summed E-state index contributed by atoms with van der Waals surface area (Å²) < 4.78 is 12.9. The molecular weight excluding hydrogens is 476 g/mol. The normalized spacial score (nSPS) is 22.3. The molecule has 31 heavy (non-hydrogen) atoms. The van der Waals surface area contributed by atoms with Crippen LogP contribution in [0.5, 0.6) is 0 Å². The van der Waals surface area contributed by atoms with Crippen molar-refractivity contribution < 1.29 is 14.3 Å². The Bertz CT molecular complexity index is 992. The minimum Gasteiger partial charge on any atom is -0.464 e. The van der Waals surface area contributed by atoms with Gasteiger partial charge in [-0.25, -0.2) is 4.79 Å². The highest BCUT2D eigenvalue weighted by atomic mass is 79.9. The van der Waals surface area contributed by atoms with Crippen molar-refractivity contribution in [3.63, 3.8) is 0 Å². The number of esters is 1. The Hall–Kier alpha value is -1.62. The average molecular weight is 506 g/mol. The third-order valence-corrected chi connectivity index (χ3v) is 7.36. The standard InChI is InChI=1S/C26H30BrClO3/c1-7-30-24(29)22(31-25(3,4)5)20-16(2)23(27)26(6)15-9-8-10-19(26)21(20)17-11-13-18(28)14-12-17/h8-14,22H,7,15H2,1-6H3. The van der Waals surface area contributed by atoms with E-state index < -0.39 is 11.7 Å². The van der Waals surface area contributed by atoms with Gasteiger partial charge in [0.2, 0.25) is 0 Å². The molecule has 0 bridgehead atoms. The number of allylic oxidation sites excluding steroid dienone is 6. The molecule has 0 aromatic heterocycles. The van der Waals surface area contributed by atoms with Crippen molar-refractivity contribution in [3.8, 4) is 0 Å². The highest BCUT2D eigenvalue weighted by Gasteiger charge is 2.44. The summed E-state index contributed by atoms with van der Waals surface area (Å²) >= 11 is 10.1. The van der Waals surface area contributed by atoms with Crippen LogP contribution < -0.4 is 0 Å². The summed E-state index contributed by atoms with van der Waals surface area (Å²) in [6.07, 6.45) is 6.41. The van der Waals surface area contributed by atoms with Gasteiger partial charge in [-0.2, -0.15) is 0 Å². The quantitative estimate of drug-likeness (QED) is 0.391. The Balaban J connectivity index is 2.36. The van der Waals surface area contributed by atoms with Crippen molar-refractivity contribution in [2.45, 2.75) is 59.7 Å². The van der Waals surface area contributed by atoms with Gasteiger partial charge in [-0.05, 0) is 75.5 Å². The lowest BCUT2D eigenvalue weighted by Crippen LogP contribution is -2.39. The molecule has 166 valence electrons. The molecule has 2 aliphatic rings. The molecule has 0 saturated heterocycles. The molecule has 2 unspecified atom stereocenters. The lowest BCUT2D eigenvalue weighted by atomic mass is 9.65. The first-order chi connectivity index (χ1) is 14.5. The minimum absolute atomic E-state index is 0.224. The molecule has 0 N–H and O–H groups in total. The van der Waals surface area contributed by atoms with Gasteiger partial charge >= 0.3 is 5.97 Å². The zero-order valence-corrected chi connectivity index (χ0v) is 21.4. The molecule has 0 radical (unpaired) electrons. The number of rotatable bonds is 5. The van der Waals surface area contributed by atoms with Crippen LogP contribution in [0.15, 0.2) is 63.7 Å². The van der Waals surface area contributed by atoms with E-state index in [1.165, 1.54) is 0 Å². The molecule has 0 spiro atoms. The van der Waals surface area contributed by atoms with Crippen LogP contribution in [0.25, 0.3) is 5.57 Å². The van der Waals surface area contributed by atoms with Gasteiger partial charge in [-0.1, -0.05) is 64.8 Å². The second kappa shape index (κ2) is 9.09. The Labute approximate surface area is 199 Å². The summed E-state index contributed by atoms with van der Waals surface area (Å²) in [5.41, 5.74) is 4.23. The van der Waals surface area contributed by atoms with E-state index in [4.69, 9.17) is 21.1 Å². The van der Waals surface area contributed by atoms with Gasteiger partial charge in [-0.15, -0.1) is 0 Å². The van der Waals surface area contributed by atoms with Gasteiger partial charge < -0.3 is 9.47 Å². The van der Waals surface area contributed by atoms with Crippen LogP contribution in [0.4, 0.5) is 0 Å². The van der Waals surface area contributed by atoms with Crippen molar-refractivity contribution in [1.82, 2.24) is 0 Å². The average Bonchev–Trinajstić information content (AvgIpc) is 2.70. The molecular formula is C26H30BrClO3. The summed E-state index contributed by atoms with van der Waals surface area (Å²) in [6, 6.07) is 7.77. The smallest absolute Gasteiger partial charge is 0.339 e. The molecule has 0 heterocycles. The van der Waals surface area contributed by atoms with Crippen molar-refractivity contribution in [1.29, 1.82) is 0 Å². The molecule has 3 rings (SSSR count). The summed E-state index contributed by atoms with van der Waals surface area (Å²) in [5, 5.41) is 0.670. The maximum absolute atomic E-state index is 13.2. The second-order valence-electron chi connectivity index (χ2n) is 9.14. The largest absolute Gasteiger partial charge is 0.464 e. The fourth-order valence-electron chi connectivity index (χ4n) is 4.25. The number of carbonyl (C=O) groups is 1. The molecule has 0 amide bonds. The molecule has 3 nitrogen and oxygen atoms in total. The van der Waals surface area contributed by atoms with Crippen molar-refractivity contribution in [3.05, 3.63) is 74.3 Å². The van der Waals surface area contributed by atoms with E-state index in [0.29, 0.717) is 11.6 Å². The molecule has 1 aromatic rings. The highest BCUT2D eigenvalue weighted by molar-refractivity contribution is 9.11. The summed E-state index contributed by atoms with van der Waals surface area (Å²) in [4.78, 5) is 13.2. The van der Waals surface area contributed by atoms with Crippen LogP contribution in [0.3, 0.4) is 0 Å². The van der Waals surface area contributed by atoms with Crippen LogP contribution in [0.2, 0.25) is 5.02 Å². The van der Waals surface area contributed by atoms with E-state index in [1.807, 2.05) is 58.9 Å². The first-order valence-corrected chi connectivity index (χ1v) is 11.8. The van der Waals surface area contributed by atoms with Crippen LogP contribution in [0, 0.1) is 5.41 Å². The molecule has 2 aliphatic carbocycles. The number of ether oxygens (including phenoxy) is 2. The van der Waals surface area contributed by atoms with E-state index in [0.717, 1.165) is 38.8 Å². The van der Waals surface area contributed by atoms with Gasteiger partial charge in [0.1, 0.15) is 0 Å². The van der Waals surface area contributed by atoms with Gasteiger partial charge in [-0.3, -0.25) is 0 Å². The van der Waals surface area contributed by atoms with Crippen LogP contribution in [-0.2, 0) is 14.3 Å². The first-order valence-electron chi connectivity index (χ1n) is 10.6. The minimum atomic E-state index is -0.852. The molecule has 2 atom stereocenters. The number of hydrogen-bond donors (Lipinski definition) is 0. The summed E-state index contributed by atoms with van der Waals surface area (Å²) in [7, 11) is 0. The Morgan fingerprint density at radius 1 is 1.26 bits per heavy atom. The monoisotopic (exact) mass is 504 g/mol. The SMILES string of the molecule is CCOC(=O)C(OC(C)(C)C)C1=C(c2ccc(Cl)cc2)C2=CC=CCC2(C)C(Br)=C1C. The number of carbonyl (C=O) groups excluding carboxylic acids is 1. The fraction of sp³-hybridized carbons (Fsp3) is 0.423. The van der Waals surface area contributed by atoms with Gasteiger partial charge in [0.05, 0.1) is 12.2 Å². The number of halogens is 2. The van der Waals surface area contributed by atoms with Crippen LogP contribution >= 0.6 is 27.5 Å². The zero-order valence-electron chi connectivity index (χ0n) is 19.0. The van der Waals surface area contributed by atoms with Crippen molar-refractivity contribution in [2.75, 3.05) is 6.61 Å². The van der Waals surface area contributed by atoms with E-state index in [9.17, 15) is 4.79 Å². The lowest BCUT2D eigenvalue weighted by Gasteiger charge is -2.43. The Morgan fingerprint density at radius 3 is 2.48 bits per heavy atom. The predicted molar refractivity (Wildman–Crippen MR) is 131 cm³/mol. The number of fused-ring (bicyclic) bond motifs is 1. The molecule has 1 aromatic carbocycles. The number of hydrogen-bond acceptors (Lipinski definition) is 3. The number of benzene rings is 1. The molecule has 0 aliphatic heterocycles. The van der Waals surface area contributed by atoms with E-state index in [2.05, 4.69) is 41.1 Å². The van der Waals surface area contributed by atoms with Crippen LogP contribution in [-0.4, -0.2) is 24.3 Å². The zero-order chi connectivity index (χ0) is 23.0. The second-order valence-corrected chi connectivity index (χ2v) is 10.4. The topological polar surface area (TPSA) is 35.5 Å². The van der Waals surface area contributed by atoms with Crippen molar-refractivity contribution >= 4 is 39.1 Å². The maximum atomic E-state index is 13.2. The molecule has 0 saturated carbocycles. The fourth-order valence-corrected chi connectivity index (χ4v) is 4.96. The van der Waals surface area contributed by atoms with E-state index in [1.54, 1.807) is 0 Å². The third-order valence-electron chi connectivity index (χ3n) is 5.64. The molecule has 5 heteroatoms. The lowest BCUT2D eigenvalue weighted by molar-refractivity contribution is -0.161. The highest BCUT2D eigenvalue weighted by Crippen LogP contribution is 2.56. The van der Waals surface area contributed by atoms with E-state index >= 15 is 0 Å².